The second-order valence-electron chi connectivity index (χ2n) is 5.08. The SMILES string of the molecule is COC(=O)C(C(=O)NC(C)N1CCOCC1)C(C)C. The van der Waals surface area contributed by atoms with Crippen molar-refractivity contribution in [2.24, 2.45) is 11.8 Å². The van der Waals surface area contributed by atoms with Crippen LogP contribution in [-0.2, 0) is 19.1 Å². The summed E-state index contributed by atoms with van der Waals surface area (Å²) >= 11 is 0. The molecule has 0 aromatic rings. The fraction of sp³-hybridized carbons (Fsp3) is 0.846. The zero-order valence-corrected chi connectivity index (χ0v) is 12.1. The zero-order valence-electron chi connectivity index (χ0n) is 12.1. The minimum Gasteiger partial charge on any atom is -0.468 e. The minimum atomic E-state index is -0.756. The van der Waals surface area contributed by atoms with Crippen molar-refractivity contribution < 1.29 is 19.1 Å². The maximum Gasteiger partial charge on any atom is 0.318 e. The summed E-state index contributed by atoms with van der Waals surface area (Å²) in [5.41, 5.74) is 0. The first kappa shape index (κ1) is 15.9. The van der Waals surface area contributed by atoms with E-state index in [1.165, 1.54) is 7.11 Å². The van der Waals surface area contributed by atoms with Crippen LogP contribution < -0.4 is 5.32 Å². The maximum atomic E-state index is 12.2. The van der Waals surface area contributed by atoms with Crippen LogP contribution in [0.2, 0.25) is 0 Å². The lowest BCUT2D eigenvalue weighted by molar-refractivity contribution is -0.152. The largest absolute Gasteiger partial charge is 0.468 e. The van der Waals surface area contributed by atoms with Gasteiger partial charge in [0.25, 0.3) is 0 Å². The molecule has 0 saturated carbocycles. The molecule has 1 amide bonds. The summed E-state index contributed by atoms with van der Waals surface area (Å²) in [6.07, 6.45) is -0.109. The van der Waals surface area contributed by atoms with Gasteiger partial charge in [-0.05, 0) is 12.8 Å². The fourth-order valence-corrected chi connectivity index (χ4v) is 2.16. The molecule has 19 heavy (non-hydrogen) atoms. The number of nitrogens with zero attached hydrogens (tertiary/aromatic N) is 1. The highest BCUT2D eigenvalue weighted by molar-refractivity contribution is 5.98. The lowest BCUT2D eigenvalue weighted by Crippen LogP contribution is -2.53. The topological polar surface area (TPSA) is 67.9 Å². The average Bonchev–Trinajstić information content (AvgIpc) is 2.39. The van der Waals surface area contributed by atoms with Crippen LogP contribution in [0.1, 0.15) is 20.8 Å². The third kappa shape index (κ3) is 4.47. The van der Waals surface area contributed by atoms with Gasteiger partial charge < -0.3 is 14.8 Å². The van der Waals surface area contributed by atoms with Gasteiger partial charge in [-0.1, -0.05) is 13.8 Å². The van der Waals surface area contributed by atoms with E-state index in [2.05, 4.69) is 15.0 Å². The fourth-order valence-electron chi connectivity index (χ4n) is 2.16. The van der Waals surface area contributed by atoms with E-state index in [4.69, 9.17) is 4.74 Å². The quantitative estimate of drug-likeness (QED) is 0.573. The number of morpholine rings is 1. The van der Waals surface area contributed by atoms with Gasteiger partial charge >= 0.3 is 5.97 Å². The molecule has 0 aromatic carbocycles. The number of hydrogen-bond donors (Lipinski definition) is 1. The van der Waals surface area contributed by atoms with Crippen LogP contribution in [0.4, 0.5) is 0 Å². The van der Waals surface area contributed by atoms with E-state index in [0.717, 1.165) is 13.1 Å². The molecule has 0 bridgehead atoms. The Kier molecular flexibility index (Phi) is 6.24. The minimum absolute atomic E-state index is 0.0932. The molecule has 0 aliphatic carbocycles. The van der Waals surface area contributed by atoms with E-state index in [-0.39, 0.29) is 18.0 Å². The lowest BCUT2D eigenvalue weighted by atomic mass is 9.95. The van der Waals surface area contributed by atoms with Crippen molar-refractivity contribution in [3.63, 3.8) is 0 Å². The van der Waals surface area contributed by atoms with Gasteiger partial charge in [0.05, 0.1) is 26.5 Å². The number of methoxy groups -OCH3 is 1. The Morgan fingerprint density at radius 2 is 1.79 bits per heavy atom. The van der Waals surface area contributed by atoms with Crippen molar-refractivity contribution in [3.05, 3.63) is 0 Å². The first-order valence-corrected chi connectivity index (χ1v) is 6.67. The van der Waals surface area contributed by atoms with Crippen LogP contribution >= 0.6 is 0 Å². The van der Waals surface area contributed by atoms with Crippen molar-refractivity contribution in [1.82, 2.24) is 10.2 Å². The standard InChI is InChI=1S/C13H24N2O4/c1-9(2)11(13(17)18-4)12(16)14-10(3)15-5-7-19-8-6-15/h9-11H,5-8H2,1-4H3,(H,14,16). The molecule has 0 aromatic heterocycles. The number of rotatable bonds is 5. The highest BCUT2D eigenvalue weighted by Crippen LogP contribution is 2.13. The van der Waals surface area contributed by atoms with Gasteiger partial charge in [-0.3, -0.25) is 14.5 Å². The van der Waals surface area contributed by atoms with Gasteiger partial charge in [0, 0.05) is 13.1 Å². The Morgan fingerprint density at radius 1 is 1.21 bits per heavy atom. The maximum absolute atomic E-state index is 12.2. The summed E-state index contributed by atoms with van der Waals surface area (Å²) in [5.74, 6) is -1.61. The monoisotopic (exact) mass is 272 g/mol. The second kappa shape index (κ2) is 7.45. The summed E-state index contributed by atoms with van der Waals surface area (Å²) in [4.78, 5) is 25.9. The van der Waals surface area contributed by atoms with E-state index < -0.39 is 11.9 Å². The van der Waals surface area contributed by atoms with Gasteiger partial charge in [-0.15, -0.1) is 0 Å². The van der Waals surface area contributed by atoms with Gasteiger partial charge in [-0.25, -0.2) is 0 Å². The molecule has 1 heterocycles. The van der Waals surface area contributed by atoms with Crippen LogP contribution in [0.3, 0.4) is 0 Å². The number of nitrogens with one attached hydrogen (secondary N) is 1. The summed E-state index contributed by atoms with van der Waals surface area (Å²) in [6.45, 7) is 8.49. The third-order valence-corrected chi connectivity index (χ3v) is 3.35. The molecule has 1 rings (SSSR count). The molecule has 1 aliphatic rings. The number of carbonyl (C=O) groups excluding carboxylic acids is 2. The Bertz CT molecular complexity index is 314. The van der Waals surface area contributed by atoms with Crippen molar-refractivity contribution in [2.45, 2.75) is 26.9 Å². The smallest absolute Gasteiger partial charge is 0.318 e. The summed E-state index contributed by atoms with van der Waals surface area (Å²) in [7, 11) is 1.30. The molecule has 2 atom stereocenters. The van der Waals surface area contributed by atoms with Crippen LogP contribution in [0, 0.1) is 11.8 Å². The Morgan fingerprint density at radius 3 is 2.26 bits per heavy atom. The molecule has 0 spiro atoms. The third-order valence-electron chi connectivity index (χ3n) is 3.35. The number of ether oxygens (including phenoxy) is 2. The van der Waals surface area contributed by atoms with Crippen molar-refractivity contribution >= 4 is 11.9 Å². The number of esters is 1. The Labute approximate surface area is 114 Å². The molecule has 1 aliphatic heterocycles. The van der Waals surface area contributed by atoms with E-state index in [1.807, 2.05) is 20.8 Å². The van der Waals surface area contributed by atoms with E-state index in [0.29, 0.717) is 13.2 Å². The number of carbonyl (C=O) groups is 2. The van der Waals surface area contributed by atoms with Gasteiger partial charge in [0.2, 0.25) is 5.91 Å². The van der Waals surface area contributed by atoms with Crippen LogP contribution in [0.25, 0.3) is 0 Å². The molecular weight excluding hydrogens is 248 g/mol. The molecule has 1 N–H and O–H groups in total. The zero-order chi connectivity index (χ0) is 14.4. The first-order valence-electron chi connectivity index (χ1n) is 6.67. The highest BCUT2D eigenvalue weighted by Gasteiger charge is 2.32. The first-order chi connectivity index (χ1) is 8.97. The molecule has 6 nitrogen and oxygen atoms in total. The lowest BCUT2D eigenvalue weighted by Gasteiger charge is -2.33. The summed E-state index contributed by atoms with van der Waals surface area (Å²) < 4.78 is 9.96. The Balaban J connectivity index is 2.57. The number of amides is 1. The van der Waals surface area contributed by atoms with Crippen molar-refractivity contribution in [1.29, 1.82) is 0 Å². The molecule has 2 unspecified atom stereocenters. The van der Waals surface area contributed by atoms with Crippen molar-refractivity contribution in [3.8, 4) is 0 Å². The normalized spacial score (nSPS) is 19.8. The summed E-state index contributed by atoms with van der Waals surface area (Å²) in [5, 5.41) is 2.88. The highest BCUT2D eigenvalue weighted by atomic mass is 16.5. The van der Waals surface area contributed by atoms with Crippen LogP contribution in [0.5, 0.6) is 0 Å². The van der Waals surface area contributed by atoms with Gasteiger partial charge in [0.15, 0.2) is 0 Å². The van der Waals surface area contributed by atoms with Crippen LogP contribution in [-0.4, -0.2) is 56.4 Å². The summed E-state index contributed by atoms with van der Waals surface area (Å²) in [6, 6.07) is 0. The van der Waals surface area contributed by atoms with Gasteiger partial charge in [0.1, 0.15) is 5.92 Å². The predicted octanol–water partition coefficient (Wildman–Crippen LogP) is 0.226. The van der Waals surface area contributed by atoms with E-state index in [1.54, 1.807) is 0 Å². The number of hydrogen-bond acceptors (Lipinski definition) is 5. The molecular formula is C13H24N2O4. The average molecular weight is 272 g/mol. The molecule has 1 fully saturated rings. The molecule has 1 saturated heterocycles. The van der Waals surface area contributed by atoms with Gasteiger partial charge in [-0.2, -0.15) is 0 Å². The molecule has 0 radical (unpaired) electrons. The van der Waals surface area contributed by atoms with E-state index >= 15 is 0 Å². The van der Waals surface area contributed by atoms with Crippen molar-refractivity contribution in [2.75, 3.05) is 33.4 Å². The van der Waals surface area contributed by atoms with Crippen LogP contribution in [0.15, 0.2) is 0 Å². The Hall–Kier alpha value is -1.14. The predicted molar refractivity (Wildman–Crippen MR) is 70.3 cm³/mol. The second-order valence-corrected chi connectivity index (χ2v) is 5.08. The van der Waals surface area contributed by atoms with E-state index in [9.17, 15) is 9.59 Å². The molecule has 110 valence electrons. The molecule has 6 heteroatoms.